The number of hydrogen-bond donors (Lipinski definition) is 0. The summed E-state index contributed by atoms with van der Waals surface area (Å²) >= 11 is 5.83. The molecular formula is C24H18ClFN2O5. The fourth-order valence-corrected chi connectivity index (χ4v) is 3.54. The van der Waals surface area contributed by atoms with E-state index in [-0.39, 0.29) is 29.4 Å². The van der Waals surface area contributed by atoms with Gasteiger partial charge < -0.3 is 23.7 Å². The first-order chi connectivity index (χ1) is 16.1. The molecule has 0 fully saturated rings. The Balaban J connectivity index is 1.41. The van der Waals surface area contributed by atoms with Gasteiger partial charge in [0, 0.05) is 11.1 Å². The maximum absolute atomic E-state index is 14.2. The van der Waals surface area contributed by atoms with Crippen molar-refractivity contribution in [3.63, 3.8) is 0 Å². The fraction of sp³-hybridized carbons (Fsp3) is 0.167. The lowest BCUT2D eigenvalue weighted by atomic mass is 10.2. The zero-order chi connectivity index (χ0) is 22.8. The normalized spacial score (nSPS) is 14.7. The third-order valence-corrected chi connectivity index (χ3v) is 5.21. The number of para-hydroxylation sites is 2. The minimum absolute atomic E-state index is 0.0101. The summed E-state index contributed by atoms with van der Waals surface area (Å²) < 4.78 is 43.1. The van der Waals surface area contributed by atoms with Crippen LogP contribution in [-0.2, 0) is 0 Å². The minimum Gasteiger partial charge on any atom is -0.493 e. The van der Waals surface area contributed by atoms with Crippen molar-refractivity contribution >= 4 is 22.5 Å². The lowest BCUT2D eigenvalue weighted by Gasteiger charge is -2.26. The summed E-state index contributed by atoms with van der Waals surface area (Å²) in [4.78, 5) is 8.42. The number of benzene rings is 3. The number of hydrogen-bond acceptors (Lipinski definition) is 7. The molecule has 1 aliphatic heterocycles. The molecule has 0 bridgehead atoms. The van der Waals surface area contributed by atoms with Crippen molar-refractivity contribution in [3.8, 4) is 34.6 Å². The molecule has 1 atom stereocenters. The van der Waals surface area contributed by atoms with Gasteiger partial charge in [-0.1, -0.05) is 23.7 Å². The Hall–Kier alpha value is -3.78. The van der Waals surface area contributed by atoms with E-state index in [1.807, 2.05) is 24.3 Å². The summed E-state index contributed by atoms with van der Waals surface area (Å²) in [6.45, 7) is 0.562. The van der Waals surface area contributed by atoms with E-state index in [9.17, 15) is 4.39 Å². The van der Waals surface area contributed by atoms with Gasteiger partial charge in [0.1, 0.15) is 19.5 Å². The van der Waals surface area contributed by atoms with Crippen molar-refractivity contribution in [2.24, 2.45) is 0 Å². The van der Waals surface area contributed by atoms with Crippen LogP contribution in [0.25, 0.3) is 10.9 Å². The van der Waals surface area contributed by atoms with E-state index in [1.165, 1.54) is 31.6 Å². The molecule has 0 spiro atoms. The van der Waals surface area contributed by atoms with Crippen LogP contribution in [0.15, 0.2) is 60.9 Å². The number of nitrogens with zero attached hydrogens (tertiary/aromatic N) is 2. The predicted octanol–water partition coefficient (Wildman–Crippen LogP) is 5.44. The summed E-state index contributed by atoms with van der Waals surface area (Å²) in [6, 6.07) is 15.0. The number of fused-ring (bicyclic) bond motifs is 2. The van der Waals surface area contributed by atoms with E-state index >= 15 is 0 Å². The first-order valence-corrected chi connectivity index (χ1v) is 10.5. The van der Waals surface area contributed by atoms with Gasteiger partial charge in [0.05, 0.1) is 18.0 Å². The lowest BCUT2D eigenvalue weighted by Crippen LogP contribution is -2.34. The third-order valence-electron chi connectivity index (χ3n) is 4.98. The van der Waals surface area contributed by atoms with Crippen LogP contribution in [0.4, 0.5) is 4.39 Å². The van der Waals surface area contributed by atoms with Crippen molar-refractivity contribution in [1.82, 2.24) is 9.97 Å². The van der Waals surface area contributed by atoms with Crippen LogP contribution >= 0.6 is 11.6 Å². The van der Waals surface area contributed by atoms with Gasteiger partial charge in [-0.15, -0.1) is 0 Å². The van der Waals surface area contributed by atoms with E-state index in [0.717, 1.165) is 0 Å². The van der Waals surface area contributed by atoms with Crippen molar-refractivity contribution in [1.29, 1.82) is 0 Å². The van der Waals surface area contributed by atoms with Gasteiger partial charge in [0.2, 0.25) is 5.88 Å². The second-order valence-electron chi connectivity index (χ2n) is 7.18. The summed E-state index contributed by atoms with van der Waals surface area (Å²) in [5.41, 5.74) is 0.546. The molecule has 4 aromatic rings. The van der Waals surface area contributed by atoms with Crippen molar-refractivity contribution in [2.75, 3.05) is 20.3 Å². The molecule has 1 aliphatic rings. The Kier molecular flexibility index (Phi) is 5.75. The number of aromatic nitrogens is 2. The highest BCUT2D eigenvalue weighted by atomic mass is 35.5. The summed E-state index contributed by atoms with van der Waals surface area (Å²) in [5, 5.41) is 0.790. The predicted molar refractivity (Wildman–Crippen MR) is 119 cm³/mol. The summed E-state index contributed by atoms with van der Waals surface area (Å²) in [6.07, 6.45) is 1.02. The molecule has 7 nitrogen and oxygen atoms in total. The Morgan fingerprint density at radius 3 is 2.70 bits per heavy atom. The molecule has 0 aliphatic carbocycles. The average molecular weight is 469 g/mol. The van der Waals surface area contributed by atoms with E-state index in [4.69, 9.17) is 35.3 Å². The highest BCUT2D eigenvalue weighted by Gasteiger charge is 2.22. The van der Waals surface area contributed by atoms with Crippen LogP contribution in [0.3, 0.4) is 0 Å². The molecule has 0 radical (unpaired) electrons. The molecule has 33 heavy (non-hydrogen) atoms. The van der Waals surface area contributed by atoms with Crippen LogP contribution in [0.5, 0.6) is 34.6 Å². The molecule has 0 saturated carbocycles. The second kappa shape index (κ2) is 8.99. The van der Waals surface area contributed by atoms with Gasteiger partial charge in [-0.25, -0.2) is 14.4 Å². The Morgan fingerprint density at radius 2 is 1.88 bits per heavy atom. The second-order valence-corrected chi connectivity index (χ2v) is 7.62. The van der Waals surface area contributed by atoms with E-state index in [0.29, 0.717) is 40.5 Å². The van der Waals surface area contributed by atoms with Gasteiger partial charge in [-0.3, -0.25) is 0 Å². The van der Waals surface area contributed by atoms with Gasteiger partial charge >= 0.3 is 0 Å². The van der Waals surface area contributed by atoms with Crippen LogP contribution < -0.4 is 23.7 Å². The first kappa shape index (κ1) is 21.1. The molecule has 1 unspecified atom stereocenters. The molecule has 0 amide bonds. The SMILES string of the molecule is COc1cc2ncnc(Oc3ccc(Cl)cc3F)c2cc1OCC1COc2ccccc2O1. The third kappa shape index (κ3) is 4.42. The van der Waals surface area contributed by atoms with Crippen LogP contribution in [-0.4, -0.2) is 36.4 Å². The number of halogens is 2. The van der Waals surface area contributed by atoms with E-state index in [1.54, 1.807) is 12.1 Å². The largest absolute Gasteiger partial charge is 0.493 e. The zero-order valence-corrected chi connectivity index (χ0v) is 18.2. The number of rotatable bonds is 6. The van der Waals surface area contributed by atoms with Gasteiger partial charge in [0.25, 0.3) is 0 Å². The number of ether oxygens (including phenoxy) is 5. The van der Waals surface area contributed by atoms with Crippen molar-refractivity contribution < 1.29 is 28.1 Å². The Bertz CT molecular complexity index is 1320. The topological polar surface area (TPSA) is 71.9 Å². The van der Waals surface area contributed by atoms with Gasteiger partial charge in [-0.2, -0.15) is 0 Å². The molecule has 0 N–H and O–H groups in total. The van der Waals surface area contributed by atoms with Crippen molar-refractivity contribution in [2.45, 2.75) is 6.10 Å². The highest BCUT2D eigenvalue weighted by molar-refractivity contribution is 6.30. The van der Waals surface area contributed by atoms with Crippen LogP contribution in [0.2, 0.25) is 5.02 Å². The average Bonchev–Trinajstić information content (AvgIpc) is 2.84. The minimum atomic E-state index is -0.603. The standard InChI is InChI=1S/C24H18ClFN2O5/c1-29-22-10-18-16(24(28-13-27-18)33-19-7-6-14(25)8-17(19)26)9-23(22)31-12-15-11-30-20-4-2-3-5-21(20)32-15/h2-10,13,15H,11-12H2,1H3. The Labute approximate surface area is 193 Å². The summed E-state index contributed by atoms with van der Waals surface area (Å²) in [5.74, 6) is 1.82. The fourth-order valence-electron chi connectivity index (χ4n) is 3.38. The smallest absolute Gasteiger partial charge is 0.230 e. The maximum Gasteiger partial charge on any atom is 0.230 e. The number of methoxy groups -OCH3 is 1. The molecule has 9 heteroatoms. The molecule has 3 aromatic carbocycles. The maximum atomic E-state index is 14.2. The van der Waals surface area contributed by atoms with Gasteiger partial charge in [-0.05, 0) is 36.4 Å². The molecule has 5 rings (SSSR count). The first-order valence-electron chi connectivity index (χ1n) is 10.1. The molecule has 0 saturated heterocycles. The molecular weight excluding hydrogens is 451 g/mol. The van der Waals surface area contributed by atoms with Crippen molar-refractivity contribution in [3.05, 3.63) is 71.8 Å². The monoisotopic (exact) mass is 468 g/mol. The molecule has 168 valence electrons. The van der Waals surface area contributed by atoms with E-state index in [2.05, 4.69) is 9.97 Å². The Morgan fingerprint density at radius 1 is 1.03 bits per heavy atom. The quantitative estimate of drug-likeness (QED) is 0.373. The lowest BCUT2D eigenvalue weighted by molar-refractivity contribution is 0.0528. The highest BCUT2D eigenvalue weighted by Crippen LogP contribution is 2.37. The van der Waals surface area contributed by atoms with Gasteiger partial charge in [0.15, 0.2) is 40.7 Å². The zero-order valence-electron chi connectivity index (χ0n) is 17.5. The molecule has 1 aromatic heterocycles. The van der Waals surface area contributed by atoms with E-state index < -0.39 is 5.82 Å². The molecule has 2 heterocycles. The van der Waals surface area contributed by atoms with Crippen LogP contribution in [0.1, 0.15) is 0 Å². The van der Waals surface area contributed by atoms with Crippen LogP contribution in [0, 0.1) is 5.82 Å². The summed E-state index contributed by atoms with van der Waals surface area (Å²) in [7, 11) is 1.53.